The summed E-state index contributed by atoms with van der Waals surface area (Å²) < 4.78 is 83.4. The second-order valence-corrected chi connectivity index (χ2v) is 7.70. The van der Waals surface area contributed by atoms with E-state index in [1.54, 1.807) is 6.92 Å². The smallest absolute Gasteiger partial charge is 0.389 e. The van der Waals surface area contributed by atoms with Crippen LogP contribution in [0.5, 0.6) is 0 Å². The molecule has 2 N–H and O–H groups in total. The summed E-state index contributed by atoms with van der Waals surface area (Å²) in [6.45, 7) is 5.34. The average molecular weight is 626 g/mol. The Morgan fingerprint density at radius 3 is 1.93 bits per heavy atom. The molecule has 3 nitrogen and oxygen atoms in total. The van der Waals surface area contributed by atoms with Crippen LogP contribution in [0.4, 0.5) is 26.3 Å². The van der Waals surface area contributed by atoms with Crippen LogP contribution in [0.15, 0.2) is 18.2 Å². The standard InChI is InChI=1S/C18H23F6NO2.Ac/c1-11(27-10-15(2)4-5-16(3,26)9-25-15)12-6-13(17(19,20)21)8-14(7-12)18(22,23)24;/h6-8,11,25-26H,4-5,9-10H2,1-3H3;. The molecule has 157 valence electrons. The maximum absolute atomic E-state index is 13.0. The quantitative estimate of drug-likeness (QED) is 0.477. The molecule has 1 saturated heterocycles. The SMILES string of the molecule is CC(OCC1(C)CCC(C)(O)CN1)c1cc(C(F)(F)F)cc(C(F)(F)F)c1.[Ac]. The first-order valence-electron chi connectivity index (χ1n) is 8.50. The second kappa shape index (κ2) is 9.09. The van der Waals surface area contributed by atoms with Crippen LogP contribution in [0, 0.1) is 44.1 Å². The first-order valence-corrected chi connectivity index (χ1v) is 8.50. The molecule has 2 rings (SSSR count). The van der Waals surface area contributed by atoms with Gasteiger partial charge < -0.3 is 15.2 Å². The molecule has 0 aliphatic carbocycles. The molecular formula is C18H23AcF6NO2. The van der Waals surface area contributed by atoms with Gasteiger partial charge in [0.1, 0.15) is 0 Å². The van der Waals surface area contributed by atoms with Crippen molar-refractivity contribution in [3.63, 3.8) is 0 Å². The molecule has 3 unspecified atom stereocenters. The van der Waals surface area contributed by atoms with Crippen molar-refractivity contribution >= 4 is 0 Å². The molecule has 1 aliphatic rings. The normalized spacial score (nSPS) is 27.2. The third-order valence-electron chi connectivity index (χ3n) is 4.84. The number of aliphatic hydroxyl groups is 1. The van der Waals surface area contributed by atoms with E-state index in [1.807, 2.05) is 6.92 Å². The number of benzene rings is 1. The largest absolute Gasteiger partial charge is 0.416 e. The minimum absolute atomic E-state index is 0. The fourth-order valence-corrected chi connectivity index (χ4v) is 2.87. The Kier molecular flexibility index (Phi) is 8.49. The molecule has 0 aromatic heterocycles. The van der Waals surface area contributed by atoms with Crippen molar-refractivity contribution in [3.05, 3.63) is 34.9 Å². The summed E-state index contributed by atoms with van der Waals surface area (Å²) in [6.07, 6.45) is -9.68. The molecule has 10 heteroatoms. The fraction of sp³-hybridized carbons (Fsp3) is 0.667. The van der Waals surface area contributed by atoms with E-state index in [0.29, 0.717) is 31.5 Å². The number of hydrogen-bond acceptors (Lipinski definition) is 3. The van der Waals surface area contributed by atoms with Crippen LogP contribution >= 0.6 is 0 Å². The Morgan fingerprint density at radius 1 is 1.04 bits per heavy atom. The third kappa shape index (κ3) is 7.12. The van der Waals surface area contributed by atoms with E-state index < -0.39 is 40.7 Å². The first-order chi connectivity index (χ1) is 12.1. The summed E-state index contributed by atoms with van der Waals surface area (Å²) in [7, 11) is 0. The van der Waals surface area contributed by atoms with Gasteiger partial charge in [0.15, 0.2) is 0 Å². The Labute approximate surface area is 195 Å². The van der Waals surface area contributed by atoms with Gasteiger partial charge in [-0.15, -0.1) is 0 Å². The van der Waals surface area contributed by atoms with Crippen LogP contribution in [-0.4, -0.2) is 29.4 Å². The van der Waals surface area contributed by atoms with E-state index in [2.05, 4.69) is 5.32 Å². The molecule has 0 amide bonds. The number of halogens is 6. The van der Waals surface area contributed by atoms with Crippen molar-refractivity contribution in [1.82, 2.24) is 5.32 Å². The first kappa shape index (κ1) is 26.2. The van der Waals surface area contributed by atoms with E-state index in [4.69, 9.17) is 4.74 Å². The predicted molar refractivity (Wildman–Crippen MR) is 87.1 cm³/mol. The van der Waals surface area contributed by atoms with E-state index in [-0.39, 0.29) is 62.3 Å². The van der Waals surface area contributed by atoms with Crippen LogP contribution in [0.2, 0.25) is 0 Å². The minimum atomic E-state index is -4.89. The number of β-amino-alcohol motifs (C(OH)–C–C–N with tert-alkyl or cyclic N) is 1. The molecule has 1 aromatic carbocycles. The number of nitrogens with one attached hydrogen (secondary N) is 1. The maximum atomic E-state index is 13.0. The number of piperidine rings is 1. The summed E-state index contributed by atoms with van der Waals surface area (Å²) in [5, 5.41) is 13.1. The van der Waals surface area contributed by atoms with E-state index >= 15 is 0 Å². The van der Waals surface area contributed by atoms with Crippen LogP contribution < -0.4 is 5.32 Å². The van der Waals surface area contributed by atoms with Gasteiger partial charge in [-0.25, -0.2) is 0 Å². The molecule has 0 saturated carbocycles. The molecule has 1 aliphatic heterocycles. The minimum Gasteiger partial charge on any atom is -0.389 e. The van der Waals surface area contributed by atoms with Crippen molar-refractivity contribution in [2.45, 2.75) is 63.2 Å². The Bertz CT molecular complexity index is 633. The van der Waals surface area contributed by atoms with E-state index in [1.165, 1.54) is 6.92 Å². The molecular weight excluding hydrogens is 603 g/mol. The van der Waals surface area contributed by atoms with Crippen molar-refractivity contribution < 1.29 is 80.2 Å². The van der Waals surface area contributed by atoms with E-state index in [0.717, 1.165) is 0 Å². The molecule has 3 atom stereocenters. The van der Waals surface area contributed by atoms with Gasteiger partial charge in [0.05, 0.1) is 29.4 Å². The summed E-state index contributed by atoms with van der Waals surface area (Å²) in [6, 6.07) is 1.46. The van der Waals surface area contributed by atoms with Gasteiger partial charge in [-0.1, -0.05) is 0 Å². The number of rotatable bonds is 4. The average Bonchev–Trinajstić information content (AvgIpc) is 2.54. The van der Waals surface area contributed by atoms with Gasteiger partial charge in [0.2, 0.25) is 0 Å². The third-order valence-corrected chi connectivity index (χ3v) is 4.84. The van der Waals surface area contributed by atoms with Gasteiger partial charge in [-0.05, 0) is 57.4 Å². The Balaban J connectivity index is 0.00000392. The number of hydrogen-bond donors (Lipinski definition) is 2. The predicted octanol–water partition coefficient (Wildman–Crippen LogP) is 4.69. The molecule has 0 bridgehead atoms. The van der Waals surface area contributed by atoms with Gasteiger partial charge in [-0.2, -0.15) is 26.3 Å². The van der Waals surface area contributed by atoms with Crippen molar-refractivity contribution in [3.8, 4) is 0 Å². The Morgan fingerprint density at radius 2 is 1.54 bits per heavy atom. The summed E-state index contributed by atoms with van der Waals surface area (Å²) in [5.41, 5.74) is -4.29. The van der Waals surface area contributed by atoms with Gasteiger partial charge >= 0.3 is 12.4 Å². The maximum Gasteiger partial charge on any atom is 0.416 e. The zero-order chi connectivity index (χ0) is 20.7. The van der Waals surface area contributed by atoms with Gasteiger partial charge in [0, 0.05) is 56.1 Å². The number of ether oxygens (including phenoxy) is 1. The molecule has 1 heterocycles. The summed E-state index contributed by atoms with van der Waals surface area (Å²) in [5.74, 6) is 0. The van der Waals surface area contributed by atoms with Crippen LogP contribution in [0.25, 0.3) is 0 Å². The molecule has 0 spiro atoms. The monoisotopic (exact) mass is 626 g/mol. The summed E-state index contributed by atoms with van der Waals surface area (Å²) in [4.78, 5) is 0. The zero-order valence-electron chi connectivity index (χ0n) is 15.8. The summed E-state index contributed by atoms with van der Waals surface area (Å²) >= 11 is 0. The van der Waals surface area contributed by atoms with Crippen molar-refractivity contribution in [1.29, 1.82) is 0 Å². The van der Waals surface area contributed by atoms with Gasteiger partial charge in [-0.3, -0.25) is 0 Å². The topological polar surface area (TPSA) is 41.5 Å². The van der Waals surface area contributed by atoms with Crippen molar-refractivity contribution in [2.75, 3.05) is 13.2 Å². The number of alkyl halides is 6. The van der Waals surface area contributed by atoms with Crippen LogP contribution in [0.1, 0.15) is 56.4 Å². The Hall–Kier alpha value is 0.122. The van der Waals surface area contributed by atoms with Crippen LogP contribution in [-0.2, 0) is 17.1 Å². The van der Waals surface area contributed by atoms with Gasteiger partial charge in [0.25, 0.3) is 0 Å². The van der Waals surface area contributed by atoms with Crippen LogP contribution in [0.3, 0.4) is 0 Å². The molecule has 1 radical (unpaired) electrons. The molecule has 1 aromatic rings. The zero-order valence-corrected chi connectivity index (χ0v) is 20.6. The van der Waals surface area contributed by atoms with E-state index in [9.17, 15) is 31.4 Å². The fourth-order valence-electron chi connectivity index (χ4n) is 2.87. The molecule has 1 fully saturated rings. The molecule has 28 heavy (non-hydrogen) atoms. The second-order valence-electron chi connectivity index (χ2n) is 7.70. The van der Waals surface area contributed by atoms with Crippen molar-refractivity contribution in [2.24, 2.45) is 0 Å².